The Morgan fingerprint density at radius 1 is 1.21 bits per heavy atom. The van der Waals surface area contributed by atoms with E-state index in [0.717, 1.165) is 42.4 Å². The molecule has 0 aliphatic carbocycles. The fraction of sp³-hybridized carbons (Fsp3) is 0.333. The van der Waals surface area contributed by atoms with Gasteiger partial charge in [0.2, 0.25) is 0 Å². The molecule has 1 amide bonds. The number of piperidine rings is 3. The van der Waals surface area contributed by atoms with E-state index in [-0.39, 0.29) is 11.9 Å². The fourth-order valence-corrected chi connectivity index (χ4v) is 4.59. The summed E-state index contributed by atoms with van der Waals surface area (Å²) in [5.41, 5.74) is 2.74. The highest BCUT2D eigenvalue weighted by Gasteiger charge is 2.40. The lowest BCUT2D eigenvalue weighted by atomic mass is 9.79. The third kappa shape index (κ3) is 3.41. The highest BCUT2D eigenvalue weighted by Crippen LogP contribution is 2.32. The molecule has 6 rings (SSSR count). The van der Waals surface area contributed by atoms with Crippen molar-refractivity contribution in [2.24, 2.45) is 5.92 Å². The number of hydrogen-bond acceptors (Lipinski definition) is 4. The first-order valence-electron chi connectivity index (χ1n) is 10.2. The second kappa shape index (κ2) is 7.38. The van der Waals surface area contributed by atoms with Crippen LogP contribution in [-0.2, 0) is 0 Å². The Morgan fingerprint density at radius 2 is 2.00 bits per heavy atom. The average molecular weight is 385 g/mol. The summed E-state index contributed by atoms with van der Waals surface area (Å²) in [7, 11) is 0. The topological polar surface area (TPSA) is 58.4 Å². The minimum Gasteiger partial charge on any atom is -0.461 e. The molecule has 0 spiro atoms. The molecule has 3 fully saturated rings. The highest BCUT2D eigenvalue weighted by atomic mass is 16.3. The van der Waals surface area contributed by atoms with Crippen LogP contribution in [0.4, 0.5) is 0 Å². The van der Waals surface area contributed by atoms with E-state index in [2.05, 4.69) is 34.0 Å². The molecule has 3 aliphatic rings. The second-order valence-electron chi connectivity index (χ2n) is 7.94. The number of pyridine rings is 1. The Bertz CT molecular complexity index is 1100. The van der Waals surface area contributed by atoms with E-state index < -0.39 is 0 Å². The maximum Gasteiger partial charge on any atom is 0.270 e. The van der Waals surface area contributed by atoms with Crippen LogP contribution in [0.25, 0.3) is 11.0 Å². The predicted molar refractivity (Wildman–Crippen MR) is 111 cm³/mol. The average Bonchev–Trinajstić information content (AvgIpc) is 3.18. The Labute approximate surface area is 170 Å². The number of hydrogen-bond donors (Lipinski definition) is 1. The van der Waals surface area contributed by atoms with Gasteiger partial charge in [-0.05, 0) is 57.0 Å². The van der Waals surface area contributed by atoms with Gasteiger partial charge >= 0.3 is 0 Å². The molecule has 0 radical (unpaired) electrons. The van der Waals surface area contributed by atoms with Gasteiger partial charge in [0.1, 0.15) is 12.0 Å². The summed E-state index contributed by atoms with van der Waals surface area (Å²) in [4.78, 5) is 19.7. The summed E-state index contributed by atoms with van der Waals surface area (Å²) in [6.45, 7) is 4.49. The molecule has 3 aliphatic heterocycles. The Hall–Kier alpha value is -3.10. The third-order valence-corrected chi connectivity index (χ3v) is 6.28. The predicted octanol–water partition coefficient (Wildman–Crippen LogP) is 3.44. The zero-order valence-corrected chi connectivity index (χ0v) is 16.4. The molecule has 2 bridgehead atoms. The van der Waals surface area contributed by atoms with Gasteiger partial charge in [0.25, 0.3) is 5.91 Å². The molecule has 2 atom stereocenters. The molecule has 3 saturated heterocycles. The van der Waals surface area contributed by atoms with Gasteiger partial charge in [0.15, 0.2) is 5.58 Å². The van der Waals surface area contributed by atoms with E-state index in [9.17, 15) is 4.79 Å². The minimum atomic E-state index is -0.124. The largest absolute Gasteiger partial charge is 0.461 e. The number of carbonyl (C=O) groups excluding carboxylic acids is 1. The Kier molecular flexibility index (Phi) is 4.57. The Morgan fingerprint density at radius 3 is 2.76 bits per heavy atom. The van der Waals surface area contributed by atoms with E-state index in [1.807, 2.05) is 30.3 Å². The van der Waals surface area contributed by atoms with E-state index in [4.69, 9.17) is 4.42 Å². The van der Waals surface area contributed by atoms with Crippen molar-refractivity contribution in [3.05, 3.63) is 65.7 Å². The number of aromatic nitrogens is 1. The molecule has 1 N–H and O–H groups in total. The lowest BCUT2D eigenvalue weighted by Gasteiger charge is -2.49. The molecular weight excluding hydrogens is 362 g/mol. The van der Waals surface area contributed by atoms with Crippen molar-refractivity contribution in [2.75, 3.05) is 13.1 Å². The van der Waals surface area contributed by atoms with E-state index in [0.29, 0.717) is 23.2 Å². The number of furan rings is 1. The molecule has 5 heteroatoms. The molecule has 0 saturated carbocycles. The lowest BCUT2D eigenvalue weighted by molar-refractivity contribution is 0.0216. The van der Waals surface area contributed by atoms with Crippen LogP contribution in [0.15, 0.2) is 53.3 Å². The molecule has 2 aromatic heterocycles. The summed E-state index contributed by atoms with van der Waals surface area (Å²) >= 11 is 0. The molecular formula is C24H23N3O2. The van der Waals surface area contributed by atoms with Crippen LogP contribution in [0.3, 0.4) is 0 Å². The van der Waals surface area contributed by atoms with Crippen molar-refractivity contribution in [3.8, 4) is 11.8 Å². The zero-order valence-electron chi connectivity index (χ0n) is 16.4. The molecule has 5 nitrogen and oxygen atoms in total. The Balaban J connectivity index is 1.40. The van der Waals surface area contributed by atoms with Gasteiger partial charge < -0.3 is 9.73 Å². The molecule has 146 valence electrons. The van der Waals surface area contributed by atoms with Crippen molar-refractivity contribution in [3.63, 3.8) is 0 Å². The molecule has 0 unspecified atom stereocenters. The molecule has 1 aromatic carbocycles. The van der Waals surface area contributed by atoms with Crippen LogP contribution in [-0.4, -0.2) is 41.0 Å². The quantitative estimate of drug-likeness (QED) is 0.687. The van der Waals surface area contributed by atoms with Gasteiger partial charge in [-0.15, -0.1) is 0 Å². The molecule has 3 aromatic rings. The van der Waals surface area contributed by atoms with Crippen molar-refractivity contribution in [1.82, 2.24) is 15.2 Å². The lowest BCUT2D eigenvalue weighted by Crippen LogP contribution is -2.62. The number of nitrogens with one attached hydrogen (secondary N) is 1. The summed E-state index contributed by atoms with van der Waals surface area (Å²) in [5.74, 6) is 6.73. The first-order valence-corrected chi connectivity index (χ1v) is 10.2. The van der Waals surface area contributed by atoms with Crippen LogP contribution >= 0.6 is 0 Å². The number of nitrogens with zero attached hydrogens (tertiary/aromatic N) is 2. The van der Waals surface area contributed by atoms with Gasteiger partial charge in [0, 0.05) is 23.0 Å². The molecule has 5 heterocycles. The first kappa shape index (κ1) is 18.0. The summed E-state index contributed by atoms with van der Waals surface area (Å²) in [6.07, 6.45) is 5.54. The minimum absolute atomic E-state index is 0.124. The fourth-order valence-electron chi connectivity index (χ4n) is 4.59. The van der Waals surface area contributed by atoms with E-state index >= 15 is 0 Å². The standard InChI is InChI=1S/C24H23N3O2/c1-16-23(18-9-11-27(16)12-10-18)26-24(28)21-13-20-19(15-29-22(20)14-25-21)8-7-17-5-3-2-4-6-17/h2-6,13-16,18,23H,9-12H2,1H3,(H,26,28)/t16-,23-/m0/s1. The maximum absolute atomic E-state index is 12.9. The summed E-state index contributed by atoms with van der Waals surface area (Å²) in [6, 6.07) is 12.1. The zero-order chi connectivity index (χ0) is 19.8. The van der Waals surface area contributed by atoms with E-state index in [1.54, 1.807) is 18.5 Å². The van der Waals surface area contributed by atoms with Gasteiger partial charge in [0.05, 0.1) is 11.8 Å². The normalized spacial score (nSPS) is 25.4. The van der Waals surface area contributed by atoms with Crippen molar-refractivity contribution in [1.29, 1.82) is 0 Å². The number of fused-ring (bicyclic) bond motifs is 4. The van der Waals surface area contributed by atoms with E-state index in [1.165, 1.54) is 0 Å². The van der Waals surface area contributed by atoms with Crippen molar-refractivity contribution in [2.45, 2.75) is 31.8 Å². The monoisotopic (exact) mass is 385 g/mol. The highest BCUT2D eigenvalue weighted by molar-refractivity contribution is 5.97. The van der Waals surface area contributed by atoms with Crippen LogP contribution in [0.5, 0.6) is 0 Å². The number of rotatable bonds is 2. The SMILES string of the molecule is C[C@H]1[C@H](NC(=O)c2cc3c(C#Cc4ccccc4)coc3cn2)C2CCN1CC2. The number of carbonyl (C=O) groups is 1. The van der Waals surface area contributed by atoms with Gasteiger partial charge in [-0.25, -0.2) is 4.98 Å². The number of benzene rings is 1. The maximum atomic E-state index is 12.9. The van der Waals surface area contributed by atoms with Crippen molar-refractivity contribution < 1.29 is 9.21 Å². The first-order chi connectivity index (χ1) is 14.2. The third-order valence-electron chi connectivity index (χ3n) is 6.28. The van der Waals surface area contributed by atoms with Gasteiger partial charge in [-0.1, -0.05) is 30.0 Å². The van der Waals surface area contributed by atoms with Crippen LogP contribution in [0, 0.1) is 17.8 Å². The second-order valence-corrected chi connectivity index (χ2v) is 7.94. The van der Waals surface area contributed by atoms with Crippen LogP contribution in [0.1, 0.15) is 41.4 Å². The van der Waals surface area contributed by atoms with Crippen LogP contribution < -0.4 is 5.32 Å². The summed E-state index contributed by atoms with van der Waals surface area (Å²) < 4.78 is 5.58. The van der Waals surface area contributed by atoms with Gasteiger partial charge in [-0.2, -0.15) is 0 Å². The van der Waals surface area contributed by atoms with Gasteiger partial charge in [-0.3, -0.25) is 9.69 Å². The molecule has 29 heavy (non-hydrogen) atoms. The smallest absolute Gasteiger partial charge is 0.270 e. The van der Waals surface area contributed by atoms with Crippen LogP contribution in [0.2, 0.25) is 0 Å². The van der Waals surface area contributed by atoms with Crippen molar-refractivity contribution >= 4 is 16.9 Å². The summed E-state index contributed by atoms with van der Waals surface area (Å²) in [5, 5.41) is 4.06. The number of amides is 1.